The van der Waals surface area contributed by atoms with Crippen LogP contribution in [0.2, 0.25) is 0 Å². The van der Waals surface area contributed by atoms with E-state index in [0.29, 0.717) is 52.0 Å². The van der Waals surface area contributed by atoms with Gasteiger partial charge in [-0.05, 0) is 43.9 Å². The highest BCUT2D eigenvalue weighted by molar-refractivity contribution is 5.98. The molecule has 142 valence electrons. The molecule has 0 saturated carbocycles. The largest absolute Gasteiger partial charge is 0.381 e. The Morgan fingerprint density at radius 3 is 2.46 bits per heavy atom. The number of benzene rings is 1. The molecule has 2 fully saturated rings. The molecule has 2 aliphatic heterocycles. The van der Waals surface area contributed by atoms with E-state index in [-0.39, 0.29) is 18.0 Å². The number of hydrogen-bond acceptors (Lipinski definition) is 4. The Morgan fingerprint density at radius 1 is 1.19 bits per heavy atom. The fourth-order valence-corrected chi connectivity index (χ4v) is 3.85. The average Bonchev–Trinajstić information content (AvgIpc) is 2.69. The molecule has 1 aromatic rings. The molecule has 2 N–H and O–H groups in total. The van der Waals surface area contributed by atoms with Crippen LogP contribution in [0.4, 0.5) is 8.78 Å². The smallest absolute Gasteiger partial charge is 0.230 e. The third kappa shape index (κ3) is 3.64. The van der Waals surface area contributed by atoms with Crippen LogP contribution in [0, 0.1) is 23.0 Å². The first-order valence-corrected chi connectivity index (χ1v) is 9.03. The summed E-state index contributed by atoms with van der Waals surface area (Å²) < 4.78 is 32.5. The minimum atomic E-state index is -0.709. The number of carbonyl (C=O) groups excluding carboxylic acids is 2. The SMILES string of the molecule is NCC1(C(=O)N2CCC(C(=O)c3cc(F)ccc3F)CC2)CCOCC1. The number of nitrogens with zero attached hydrogens (tertiary/aromatic N) is 1. The van der Waals surface area contributed by atoms with Gasteiger partial charge in [-0.2, -0.15) is 0 Å². The van der Waals surface area contributed by atoms with E-state index in [2.05, 4.69) is 0 Å². The summed E-state index contributed by atoms with van der Waals surface area (Å²) in [6, 6.07) is 2.91. The monoisotopic (exact) mass is 366 g/mol. The summed E-state index contributed by atoms with van der Waals surface area (Å²) in [5.74, 6) is -2.12. The van der Waals surface area contributed by atoms with Gasteiger partial charge in [0.15, 0.2) is 5.78 Å². The molecule has 0 atom stereocenters. The Balaban J connectivity index is 1.64. The minimum absolute atomic E-state index is 0.0196. The van der Waals surface area contributed by atoms with Gasteiger partial charge in [-0.1, -0.05) is 0 Å². The van der Waals surface area contributed by atoms with Crippen molar-refractivity contribution in [3.8, 4) is 0 Å². The van der Waals surface area contributed by atoms with Crippen LogP contribution in [-0.2, 0) is 9.53 Å². The zero-order chi connectivity index (χ0) is 18.7. The predicted molar refractivity (Wildman–Crippen MR) is 91.5 cm³/mol. The van der Waals surface area contributed by atoms with E-state index in [1.165, 1.54) is 0 Å². The maximum absolute atomic E-state index is 13.8. The molecule has 1 aromatic carbocycles. The van der Waals surface area contributed by atoms with Gasteiger partial charge in [-0.25, -0.2) is 8.78 Å². The van der Waals surface area contributed by atoms with Crippen LogP contribution in [0.3, 0.4) is 0 Å². The van der Waals surface area contributed by atoms with Gasteiger partial charge in [0.1, 0.15) is 11.6 Å². The zero-order valence-corrected chi connectivity index (χ0v) is 14.7. The molecule has 2 saturated heterocycles. The first-order chi connectivity index (χ1) is 12.5. The molecule has 2 heterocycles. The zero-order valence-electron chi connectivity index (χ0n) is 14.7. The van der Waals surface area contributed by atoms with Crippen LogP contribution in [0.5, 0.6) is 0 Å². The average molecular weight is 366 g/mol. The van der Waals surface area contributed by atoms with Gasteiger partial charge in [0.25, 0.3) is 0 Å². The lowest BCUT2D eigenvalue weighted by Gasteiger charge is -2.41. The van der Waals surface area contributed by atoms with Crippen LogP contribution in [0.25, 0.3) is 0 Å². The molecule has 3 rings (SSSR count). The standard InChI is InChI=1S/C19H24F2N2O3/c20-14-1-2-16(21)15(11-14)17(24)13-3-7-23(8-4-13)18(25)19(12-22)5-9-26-10-6-19/h1-2,11,13H,3-10,12,22H2. The van der Waals surface area contributed by atoms with Crippen molar-refractivity contribution < 1.29 is 23.1 Å². The number of Topliss-reactive ketones (excluding diaryl/α,β-unsaturated/α-hetero) is 1. The van der Waals surface area contributed by atoms with Crippen molar-refractivity contribution in [2.45, 2.75) is 25.7 Å². The van der Waals surface area contributed by atoms with Crippen molar-refractivity contribution in [1.29, 1.82) is 0 Å². The van der Waals surface area contributed by atoms with Crippen molar-refractivity contribution >= 4 is 11.7 Å². The summed E-state index contributed by atoms with van der Waals surface area (Å²) in [5, 5.41) is 0. The van der Waals surface area contributed by atoms with Crippen LogP contribution in [0.1, 0.15) is 36.0 Å². The number of nitrogens with two attached hydrogens (primary N) is 1. The number of piperidine rings is 1. The number of amides is 1. The number of likely N-dealkylation sites (tertiary alicyclic amines) is 1. The second-order valence-corrected chi connectivity index (χ2v) is 7.15. The normalized spacial score (nSPS) is 20.8. The summed E-state index contributed by atoms with van der Waals surface area (Å²) in [6.45, 7) is 2.18. The lowest BCUT2D eigenvalue weighted by Crippen LogP contribution is -2.53. The van der Waals surface area contributed by atoms with Crippen molar-refractivity contribution in [1.82, 2.24) is 4.90 Å². The van der Waals surface area contributed by atoms with E-state index in [1.54, 1.807) is 4.90 Å². The van der Waals surface area contributed by atoms with Crippen LogP contribution in [0.15, 0.2) is 18.2 Å². The van der Waals surface area contributed by atoms with Gasteiger partial charge in [0.05, 0.1) is 11.0 Å². The predicted octanol–water partition coefficient (Wildman–Crippen LogP) is 2.14. The molecule has 1 amide bonds. The topological polar surface area (TPSA) is 72.6 Å². The fourth-order valence-electron chi connectivity index (χ4n) is 3.85. The summed E-state index contributed by atoms with van der Waals surface area (Å²) in [5.41, 5.74) is 5.10. The molecule has 0 radical (unpaired) electrons. The third-order valence-corrected chi connectivity index (χ3v) is 5.64. The second kappa shape index (κ2) is 7.80. The summed E-state index contributed by atoms with van der Waals surface area (Å²) in [4.78, 5) is 27.2. The molecule has 0 bridgehead atoms. The molecule has 5 nitrogen and oxygen atoms in total. The van der Waals surface area contributed by atoms with Crippen LogP contribution in [-0.4, -0.2) is 49.4 Å². The fraction of sp³-hybridized carbons (Fsp3) is 0.579. The number of hydrogen-bond donors (Lipinski definition) is 1. The highest BCUT2D eigenvalue weighted by atomic mass is 19.1. The first kappa shape index (κ1) is 18.9. The minimum Gasteiger partial charge on any atom is -0.381 e. The summed E-state index contributed by atoms with van der Waals surface area (Å²) in [6.07, 6.45) is 2.10. The van der Waals surface area contributed by atoms with Gasteiger partial charge in [-0.3, -0.25) is 9.59 Å². The van der Waals surface area contributed by atoms with E-state index < -0.39 is 28.8 Å². The Morgan fingerprint density at radius 2 is 1.85 bits per heavy atom. The quantitative estimate of drug-likeness (QED) is 0.829. The van der Waals surface area contributed by atoms with Gasteiger partial charge in [-0.15, -0.1) is 0 Å². The lowest BCUT2D eigenvalue weighted by molar-refractivity contribution is -0.148. The Labute approximate surface area is 151 Å². The van der Waals surface area contributed by atoms with Gasteiger partial charge < -0.3 is 15.4 Å². The van der Waals surface area contributed by atoms with Crippen molar-refractivity contribution in [3.05, 3.63) is 35.4 Å². The van der Waals surface area contributed by atoms with Gasteiger partial charge >= 0.3 is 0 Å². The molecule has 2 aliphatic rings. The molecular formula is C19H24F2N2O3. The summed E-state index contributed by atoms with van der Waals surface area (Å²) >= 11 is 0. The lowest BCUT2D eigenvalue weighted by atomic mass is 9.78. The molecule has 7 heteroatoms. The Hall–Kier alpha value is -1.86. The molecule has 0 aliphatic carbocycles. The van der Waals surface area contributed by atoms with E-state index >= 15 is 0 Å². The van der Waals surface area contributed by atoms with E-state index in [0.717, 1.165) is 18.2 Å². The maximum atomic E-state index is 13.8. The van der Waals surface area contributed by atoms with Gasteiger partial charge in [0, 0.05) is 38.8 Å². The van der Waals surface area contributed by atoms with Gasteiger partial charge in [0.2, 0.25) is 5.91 Å². The molecule has 26 heavy (non-hydrogen) atoms. The molecule has 0 spiro atoms. The number of ketones is 1. The Kier molecular flexibility index (Phi) is 5.67. The number of halogens is 2. The van der Waals surface area contributed by atoms with Crippen molar-refractivity contribution in [2.24, 2.45) is 17.1 Å². The highest BCUT2D eigenvalue weighted by Crippen LogP contribution is 2.33. The van der Waals surface area contributed by atoms with E-state index in [1.807, 2.05) is 0 Å². The van der Waals surface area contributed by atoms with Crippen LogP contribution < -0.4 is 5.73 Å². The first-order valence-electron chi connectivity index (χ1n) is 9.03. The number of rotatable bonds is 4. The molecular weight excluding hydrogens is 342 g/mol. The van der Waals surface area contributed by atoms with E-state index in [4.69, 9.17) is 10.5 Å². The van der Waals surface area contributed by atoms with Crippen molar-refractivity contribution in [3.63, 3.8) is 0 Å². The van der Waals surface area contributed by atoms with Crippen LogP contribution >= 0.6 is 0 Å². The number of ether oxygens (including phenoxy) is 1. The second-order valence-electron chi connectivity index (χ2n) is 7.15. The maximum Gasteiger partial charge on any atom is 0.230 e. The van der Waals surface area contributed by atoms with Crippen molar-refractivity contribution in [2.75, 3.05) is 32.8 Å². The Bertz CT molecular complexity index is 681. The third-order valence-electron chi connectivity index (χ3n) is 5.64. The molecule has 0 aromatic heterocycles. The number of carbonyl (C=O) groups is 2. The van der Waals surface area contributed by atoms with E-state index in [9.17, 15) is 18.4 Å². The molecule has 0 unspecified atom stereocenters. The summed E-state index contributed by atoms with van der Waals surface area (Å²) in [7, 11) is 0. The highest BCUT2D eigenvalue weighted by Gasteiger charge is 2.42.